The largest absolute Gasteiger partial charge is 0.416 e. The smallest absolute Gasteiger partial charge is 0.249 e. The number of carbonyl (C=O) groups excluding carboxylic acids is 1. The number of benzene rings is 1. The van der Waals surface area contributed by atoms with Gasteiger partial charge in [0.25, 0.3) is 0 Å². The topological polar surface area (TPSA) is 73.0 Å². The minimum Gasteiger partial charge on any atom is -0.416 e. The number of rotatable bonds is 5. The standard InChI is InChI=1S/C22H26N4O2/c1-15-13-19(22-25-24-21(28-22)17-9-5-3-6-10-17)16(2)26(15)14-20(27)23-18-11-7-4-8-12-18/h3,5-6,9-10,13,18H,4,7-8,11-12,14H2,1-2H3,(H,23,27). The first-order valence-electron chi connectivity index (χ1n) is 9.97. The highest BCUT2D eigenvalue weighted by atomic mass is 16.4. The lowest BCUT2D eigenvalue weighted by Gasteiger charge is -2.23. The first kappa shape index (κ1) is 18.5. The second-order valence-electron chi connectivity index (χ2n) is 7.55. The fourth-order valence-electron chi connectivity index (χ4n) is 3.95. The normalized spacial score (nSPS) is 14.9. The van der Waals surface area contributed by atoms with Crippen LogP contribution in [0.15, 0.2) is 40.8 Å². The van der Waals surface area contributed by atoms with E-state index in [-0.39, 0.29) is 5.91 Å². The van der Waals surface area contributed by atoms with Gasteiger partial charge >= 0.3 is 0 Å². The van der Waals surface area contributed by atoms with Crippen LogP contribution in [0.25, 0.3) is 22.9 Å². The molecule has 1 aliphatic carbocycles. The molecule has 0 unspecified atom stereocenters. The van der Waals surface area contributed by atoms with Gasteiger partial charge in [-0.15, -0.1) is 10.2 Å². The molecule has 6 nitrogen and oxygen atoms in total. The molecule has 3 aromatic rings. The van der Waals surface area contributed by atoms with E-state index in [0.717, 1.165) is 35.4 Å². The van der Waals surface area contributed by atoms with Gasteiger partial charge in [-0.3, -0.25) is 4.79 Å². The van der Waals surface area contributed by atoms with E-state index in [1.165, 1.54) is 19.3 Å². The van der Waals surface area contributed by atoms with E-state index in [1.807, 2.05) is 54.8 Å². The Morgan fingerprint density at radius 1 is 1.11 bits per heavy atom. The van der Waals surface area contributed by atoms with Crippen LogP contribution in [0, 0.1) is 13.8 Å². The lowest BCUT2D eigenvalue weighted by Crippen LogP contribution is -2.38. The molecule has 1 saturated carbocycles. The van der Waals surface area contributed by atoms with Crippen molar-refractivity contribution in [1.29, 1.82) is 0 Å². The average molecular weight is 378 g/mol. The van der Waals surface area contributed by atoms with Crippen molar-refractivity contribution in [3.8, 4) is 22.9 Å². The highest BCUT2D eigenvalue weighted by molar-refractivity contribution is 5.77. The first-order valence-corrected chi connectivity index (χ1v) is 9.97. The summed E-state index contributed by atoms with van der Waals surface area (Å²) in [6, 6.07) is 12.0. The summed E-state index contributed by atoms with van der Waals surface area (Å²) in [7, 11) is 0. The summed E-state index contributed by atoms with van der Waals surface area (Å²) in [6.45, 7) is 4.30. The Labute approximate surface area is 165 Å². The van der Waals surface area contributed by atoms with Crippen molar-refractivity contribution < 1.29 is 9.21 Å². The number of hydrogen-bond donors (Lipinski definition) is 1. The summed E-state index contributed by atoms with van der Waals surface area (Å²) < 4.78 is 7.91. The Kier molecular flexibility index (Phi) is 5.28. The minimum atomic E-state index is 0.0655. The number of nitrogens with one attached hydrogen (secondary N) is 1. The van der Waals surface area contributed by atoms with E-state index in [2.05, 4.69) is 15.5 Å². The lowest BCUT2D eigenvalue weighted by atomic mass is 9.95. The first-order chi connectivity index (χ1) is 13.6. The van der Waals surface area contributed by atoms with E-state index < -0.39 is 0 Å². The number of nitrogens with zero attached hydrogens (tertiary/aromatic N) is 3. The maximum Gasteiger partial charge on any atom is 0.249 e. The van der Waals surface area contributed by atoms with Gasteiger partial charge in [0, 0.05) is 23.0 Å². The van der Waals surface area contributed by atoms with Crippen LogP contribution in [-0.2, 0) is 11.3 Å². The third kappa shape index (κ3) is 3.86. The third-order valence-corrected chi connectivity index (χ3v) is 5.52. The fraction of sp³-hybridized carbons (Fsp3) is 0.409. The molecule has 146 valence electrons. The van der Waals surface area contributed by atoms with Crippen molar-refractivity contribution in [3.63, 3.8) is 0 Å². The van der Waals surface area contributed by atoms with Crippen molar-refractivity contribution in [2.45, 2.75) is 58.5 Å². The van der Waals surface area contributed by atoms with Crippen LogP contribution < -0.4 is 5.32 Å². The molecule has 2 aromatic heterocycles. The molecule has 1 amide bonds. The molecule has 28 heavy (non-hydrogen) atoms. The van der Waals surface area contributed by atoms with Gasteiger partial charge in [-0.1, -0.05) is 37.5 Å². The molecule has 1 aromatic carbocycles. The Morgan fingerprint density at radius 3 is 2.57 bits per heavy atom. The number of amides is 1. The molecule has 0 spiro atoms. The van der Waals surface area contributed by atoms with Crippen LogP contribution in [0.1, 0.15) is 43.5 Å². The van der Waals surface area contributed by atoms with Gasteiger partial charge in [-0.05, 0) is 44.9 Å². The molecular weight excluding hydrogens is 352 g/mol. The van der Waals surface area contributed by atoms with E-state index >= 15 is 0 Å². The van der Waals surface area contributed by atoms with Gasteiger partial charge in [0.05, 0.1) is 5.56 Å². The Morgan fingerprint density at radius 2 is 1.82 bits per heavy atom. The van der Waals surface area contributed by atoms with E-state index in [0.29, 0.717) is 24.4 Å². The number of aryl methyl sites for hydroxylation is 1. The highest BCUT2D eigenvalue weighted by Gasteiger charge is 2.20. The van der Waals surface area contributed by atoms with Crippen LogP contribution in [-0.4, -0.2) is 26.7 Å². The van der Waals surface area contributed by atoms with Gasteiger partial charge in [-0.25, -0.2) is 0 Å². The van der Waals surface area contributed by atoms with Crippen molar-refractivity contribution in [2.75, 3.05) is 0 Å². The zero-order valence-corrected chi connectivity index (χ0v) is 16.4. The zero-order valence-electron chi connectivity index (χ0n) is 16.4. The molecule has 0 saturated heterocycles. The number of aromatic nitrogens is 3. The summed E-state index contributed by atoms with van der Waals surface area (Å²) in [6.07, 6.45) is 5.87. The van der Waals surface area contributed by atoms with Crippen LogP contribution in [0.5, 0.6) is 0 Å². The van der Waals surface area contributed by atoms with Crippen LogP contribution in [0.2, 0.25) is 0 Å². The molecule has 0 bridgehead atoms. The molecule has 6 heteroatoms. The van der Waals surface area contributed by atoms with Gasteiger partial charge in [-0.2, -0.15) is 0 Å². The molecule has 0 aliphatic heterocycles. The van der Waals surface area contributed by atoms with E-state index in [1.54, 1.807) is 0 Å². The minimum absolute atomic E-state index is 0.0655. The second-order valence-corrected chi connectivity index (χ2v) is 7.55. The summed E-state index contributed by atoms with van der Waals surface area (Å²) >= 11 is 0. The Hall–Kier alpha value is -2.89. The monoisotopic (exact) mass is 378 g/mol. The average Bonchev–Trinajstić information content (AvgIpc) is 3.30. The molecule has 1 N–H and O–H groups in total. The van der Waals surface area contributed by atoms with Crippen LogP contribution in [0.3, 0.4) is 0 Å². The van der Waals surface area contributed by atoms with Crippen LogP contribution in [0.4, 0.5) is 0 Å². The van der Waals surface area contributed by atoms with E-state index in [4.69, 9.17) is 4.42 Å². The van der Waals surface area contributed by atoms with Crippen molar-refractivity contribution in [2.24, 2.45) is 0 Å². The molecule has 2 heterocycles. The zero-order chi connectivity index (χ0) is 19.5. The summed E-state index contributed by atoms with van der Waals surface area (Å²) in [5.41, 5.74) is 3.73. The SMILES string of the molecule is Cc1cc(-c2nnc(-c3ccccc3)o2)c(C)n1CC(=O)NC1CCCCC1. The summed E-state index contributed by atoms with van der Waals surface area (Å²) in [5, 5.41) is 11.6. The summed E-state index contributed by atoms with van der Waals surface area (Å²) in [5.74, 6) is 1.04. The van der Waals surface area contributed by atoms with Gasteiger partial charge in [0.15, 0.2) is 0 Å². The predicted octanol–water partition coefficient (Wildman–Crippen LogP) is 4.27. The molecule has 4 rings (SSSR count). The second kappa shape index (κ2) is 8.00. The number of hydrogen-bond acceptors (Lipinski definition) is 4. The predicted molar refractivity (Wildman–Crippen MR) is 108 cm³/mol. The van der Waals surface area contributed by atoms with Crippen molar-refractivity contribution >= 4 is 5.91 Å². The quantitative estimate of drug-likeness (QED) is 0.719. The lowest BCUT2D eigenvalue weighted by molar-refractivity contribution is -0.122. The van der Waals surface area contributed by atoms with Crippen molar-refractivity contribution in [3.05, 3.63) is 47.8 Å². The van der Waals surface area contributed by atoms with Gasteiger partial charge in [0.1, 0.15) is 6.54 Å². The molecule has 0 atom stereocenters. The van der Waals surface area contributed by atoms with Gasteiger partial charge in [0.2, 0.25) is 17.7 Å². The maximum atomic E-state index is 12.5. The molecular formula is C22H26N4O2. The van der Waals surface area contributed by atoms with Crippen LogP contribution >= 0.6 is 0 Å². The summed E-state index contributed by atoms with van der Waals surface area (Å²) in [4.78, 5) is 12.5. The highest BCUT2D eigenvalue weighted by Crippen LogP contribution is 2.28. The molecule has 0 radical (unpaired) electrons. The fourth-order valence-corrected chi connectivity index (χ4v) is 3.95. The molecule has 1 fully saturated rings. The number of carbonyl (C=O) groups is 1. The van der Waals surface area contributed by atoms with Crippen molar-refractivity contribution in [1.82, 2.24) is 20.1 Å². The van der Waals surface area contributed by atoms with Gasteiger partial charge < -0.3 is 14.3 Å². The molecule has 1 aliphatic rings. The van der Waals surface area contributed by atoms with E-state index in [9.17, 15) is 4.79 Å². The third-order valence-electron chi connectivity index (χ3n) is 5.52. The Bertz CT molecular complexity index is 952. The maximum absolute atomic E-state index is 12.5. The Balaban J connectivity index is 1.51.